The summed E-state index contributed by atoms with van der Waals surface area (Å²) in [6, 6.07) is 3.84. The first-order valence-corrected chi connectivity index (χ1v) is 6.15. The molecular weight excluding hydrogens is 216 g/mol. The third-order valence-electron chi connectivity index (χ3n) is 3.47. The Labute approximate surface area is 102 Å². The van der Waals surface area contributed by atoms with Gasteiger partial charge in [-0.25, -0.2) is 0 Å². The van der Waals surface area contributed by atoms with Crippen molar-refractivity contribution in [3.8, 4) is 0 Å². The zero-order valence-corrected chi connectivity index (χ0v) is 10.4. The Bertz CT molecular complexity index is 362. The first-order chi connectivity index (χ1) is 8.08. The molecule has 0 aromatic carbocycles. The standard InChI is InChI=1S/C13H20N2O2/c1-9(16)11-5-6-15(8-11)12-3-4-13(10(2)17)14-7-12/h3-4,7,9-11,16-17H,5-6,8H2,1-2H3. The summed E-state index contributed by atoms with van der Waals surface area (Å²) in [5.41, 5.74) is 1.76. The summed E-state index contributed by atoms with van der Waals surface area (Å²) < 4.78 is 0. The number of nitrogens with zero attached hydrogens (tertiary/aromatic N) is 2. The van der Waals surface area contributed by atoms with Crippen molar-refractivity contribution >= 4 is 5.69 Å². The van der Waals surface area contributed by atoms with Crippen molar-refractivity contribution in [2.75, 3.05) is 18.0 Å². The fourth-order valence-electron chi connectivity index (χ4n) is 2.25. The summed E-state index contributed by atoms with van der Waals surface area (Å²) in [5.74, 6) is 0.353. The molecule has 1 aliphatic heterocycles. The highest BCUT2D eigenvalue weighted by atomic mass is 16.3. The van der Waals surface area contributed by atoms with E-state index in [4.69, 9.17) is 0 Å². The van der Waals surface area contributed by atoms with Crippen LogP contribution in [0.4, 0.5) is 5.69 Å². The van der Waals surface area contributed by atoms with Crippen molar-refractivity contribution in [2.45, 2.75) is 32.5 Å². The van der Waals surface area contributed by atoms with Crippen LogP contribution in [0.2, 0.25) is 0 Å². The minimum atomic E-state index is -0.521. The molecule has 2 rings (SSSR count). The number of hydrogen-bond donors (Lipinski definition) is 2. The molecule has 3 unspecified atom stereocenters. The summed E-state index contributed by atoms with van der Waals surface area (Å²) in [4.78, 5) is 6.47. The molecule has 3 atom stereocenters. The average Bonchev–Trinajstić information content (AvgIpc) is 2.78. The van der Waals surface area contributed by atoms with Crippen LogP contribution in [0.1, 0.15) is 32.1 Å². The maximum atomic E-state index is 9.56. The van der Waals surface area contributed by atoms with Crippen molar-refractivity contribution < 1.29 is 10.2 Å². The second-order valence-electron chi connectivity index (χ2n) is 4.85. The number of pyridine rings is 1. The van der Waals surface area contributed by atoms with E-state index in [-0.39, 0.29) is 6.10 Å². The maximum absolute atomic E-state index is 9.56. The summed E-state index contributed by atoms with van der Waals surface area (Å²) in [6.07, 6.45) is 2.06. The summed E-state index contributed by atoms with van der Waals surface area (Å²) in [6.45, 7) is 5.41. The topological polar surface area (TPSA) is 56.6 Å². The van der Waals surface area contributed by atoms with Gasteiger partial charge in [-0.15, -0.1) is 0 Å². The van der Waals surface area contributed by atoms with Crippen LogP contribution in [0.5, 0.6) is 0 Å². The van der Waals surface area contributed by atoms with Crippen molar-refractivity contribution in [1.29, 1.82) is 0 Å². The molecular formula is C13H20N2O2. The molecule has 1 aromatic heterocycles. The van der Waals surface area contributed by atoms with Crippen LogP contribution in [-0.4, -0.2) is 34.4 Å². The Morgan fingerprint density at radius 3 is 2.59 bits per heavy atom. The Hall–Kier alpha value is -1.13. The molecule has 0 aliphatic carbocycles. The smallest absolute Gasteiger partial charge is 0.0931 e. The molecule has 2 heterocycles. The third kappa shape index (κ3) is 2.76. The molecule has 0 spiro atoms. The van der Waals surface area contributed by atoms with Gasteiger partial charge in [0, 0.05) is 19.0 Å². The number of hydrogen-bond acceptors (Lipinski definition) is 4. The van der Waals surface area contributed by atoms with Crippen LogP contribution in [0.15, 0.2) is 18.3 Å². The predicted molar refractivity (Wildman–Crippen MR) is 66.9 cm³/mol. The van der Waals surface area contributed by atoms with Gasteiger partial charge in [-0.1, -0.05) is 0 Å². The van der Waals surface area contributed by atoms with Crippen LogP contribution < -0.4 is 4.90 Å². The summed E-state index contributed by atoms with van der Waals surface area (Å²) >= 11 is 0. The molecule has 1 aromatic rings. The predicted octanol–water partition coefficient (Wildman–Crippen LogP) is 1.34. The van der Waals surface area contributed by atoms with Crippen LogP contribution in [0, 0.1) is 5.92 Å². The van der Waals surface area contributed by atoms with Crippen LogP contribution >= 0.6 is 0 Å². The van der Waals surface area contributed by atoms with Gasteiger partial charge in [-0.2, -0.15) is 0 Å². The molecule has 0 amide bonds. The molecule has 4 heteroatoms. The van der Waals surface area contributed by atoms with Crippen molar-refractivity contribution in [1.82, 2.24) is 4.98 Å². The molecule has 0 bridgehead atoms. The van der Waals surface area contributed by atoms with Gasteiger partial charge in [0.05, 0.1) is 29.8 Å². The van der Waals surface area contributed by atoms with E-state index in [0.717, 1.165) is 25.2 Å². The number of aliphatic hydroxyl groups excluding tert-OH is 2. The average molecular weight is 236 g/mol. The number of aromatic nitrogens is 1. The van der Waals surface area contributed by atoms with Crippen LogP contribution in [0.25, 0.3) is 0 Å². The van der Waals surface area contributed by atoms with Gasteiger partial charge in [-0.05, 0) is 32.4 Å². The number of rotatable bonds is 3. The lowest BCUT2D eigenvalue weighted by Crippen LogP contribution is -2.24. The third-order valence-corrected chi connectivity index (χ3v) is 3.47. The Morgan fingerprint density at radius 2 is 2.12 bits per heavy atom. The van der Waals surface area contributed by atoms with E-state index in [0.29, 0.717) is 11.6 Å². The summed E-state index contributed by atoms with van der Waals surface area (Å²) in [5, 5.41) is 18.9. The molecule has 94 valence electrons. The normalized spacial score (nSPS) is 23.8. The molecule has 2 N–H and O–H groups in total. The molecule has 4 nitrogen and oxygen atoms in total. The van der Waals surface area contributed by atoms with Gasteiger partial charge in [0.15, 0.2) is 0 Å². The Kier molecular flexibility index (Phi) is 3.64. The fourth-order valence-corrected chi connectivity index (χ4v) is 2.25. The van der Waals surface area contributed by atoms with E-state index < -0.39 is 6.10 Å². The molecule has 17 heavy (non-hydrogen) atoms. The highest BCUT2D eigenvalue weighted by molar-refractivity contribution is 5.45. The first kappa shape index (κ1) is 12.3. The second kappa shape index (κ2) is 5.02. The van der Waals surface area contributed by atoms with Crippen molar-refractivity contribution in [2.24, 2.45) is 5.92 Å². The molecule has 1 saturated heterocycles. The Morgan fingerprint density at radius 1 is 1.35 bits per heavy atom. The monoisotopic (exact) mass is 236 g/mol. The van der Waals surface area contributed by atoms with Gasteiger partial charge in [-0.3, -0.25) is 4.98 Å². The van der Waals surface area contributed by atoms with Crippen molar-refractivity contribution in [3.63, 3.8) is 0 Å². The van der Waals surface area contributed by atoms with Gasteiger partial charge in [0.1, 0.15) is 0 Å². The largest absolute Gasteiger partial charge is 0.393 e. The van der Waals surface area contributed by atoms with Crippen molar-refractivity contribution in [3.05, 3.63) is 24.0 Å². The molecule has 1 fully saturated rings. The van der Waals surface area contributed by atoms with E-state index in [2.05, 4.69) is 9.88 Å². The number of anilines is 1. The molecule has 1 aliphatic rings. The van der Waals surface area contributed by atoms with E-state index in [1.807, 2.05) is 19.1 Å². The summed E-state index contributed by atoms with van der Waals surface area (Å²) in [7, 11) is 0. The number of aliphatic hydroxyl groups is 2. The van der Waals surface area contributed by atoms with Gasteiger partial charge < -0.3 is 15.1 Å². The minimum Gasteiger partial charge on any atom is -0.393 e. The zero-order valence-electron chi connectivity index (χ0n) is 10.4. The SMILES string of the molecule is CC(O)c1ccc(N2CCC(C(C)O)C2)cn1. The minimum absolute atomic E-state index is 0.246. The lowest BCUT2D eigenvalue weighted by atomic mass is 10.0. The fraction of sp³-hybridized carbons (Fsp3) is 0.615. The highest BCUT2D eigenvalue weighted by Gasteiger charge is 2.26. The van der Waals surface area contributed by atoms with E-state index >= 15 is 0 Å². The van der Waals surface area contributed by atoms with E-state index in [9.17, 15) is 10.2 Å². The van der Waals surface area contributed by atoms with Crippen LogP contribution in [-0.2, 0) is 0 Å². The lowest BCUT2D eigenvalue weighted by Gasteiger charge is -2.19. The molecule has 0 radical (unpaired) electrons. The molecule has 0 saturated carbocycles. The van der Waals surface area contributed by atoms with Crippen LogP contribution in [0.3, 0.4) is 0 Å². The zero-order chi connectivity index (χ0) is 12.4. The lowest BCUT2D eigenvalue weighted by molar-refractivity contribution is 0.136. The highest BCUT2D eigenvalue weighted by Crippen LogP contribution is 2.25. The van der Waals surface area contributed by atoms with E-state index in [1.54, 1.807) is 13.1 Å². The maximum Gasteiger partial charge on any atom is 0.0931 e. The Balaban J connectivity index is 2.04. The van der Waals surface area contributed by atoms with Gasteiger partial charge in [0.2, 0.25) is 0 Å². The van der Waals surface area contributed by atoms with Gasteiger partial charge in [0.25, 0.3) is 0 Å². The first-order valence-electron chi connectivity index (χ1n) is 6.15. The van der Waals surface area contributed by atoms with E-state index in [1.165, 1.54) is 0 Å². The quantitative estimate of drug-likeness (QED) is 0.831. The second-order valence-corrected chi connectivity index (χ2v) is 4.85. The van der Waals surface area contributed by atoms with Gasteiger partial charge >= 0.3 is 0 Å².